The molecule has 2 rings (SSSR count). The molecule has 1 saturated heterocycles. The highest BCUT2D eigenvalue weighted by atomic mass is 32.2. The van der Waals surface area contributed by atoms with E-state index < -0.39 is 10.0 Å². The number of Topliss-reactive ketones (excluding diaryl/α,β-unsaturated/α-hetero) is 1. The Labute approximate surface area is 93.9 Å². The van der Waals surface area contributed by atoms with Crippen LogP contribution in [0.25, 0.3) is 0 Å². The third-order valence-corrected chi connectivity index (χ3v) is 4.35. The van der Waals surface area contributed by atoms with Gasteiger partial charge in [0.25, 0.3) is 10.0 Å². The molecule has 0 aromatic carbocycles. The molecule has 0 N–H and O–H groups in total. The van der Waals surface area contributed by atoms with E-state index in [4.69, 9.17) is 0 Å². The van der Waals surface area contributed by atoms with E-state index in [2.05, 4.69) is 4.98 Å². The lowest BCUT2D eigenvalue weighted by Gasteiger charge is -2.24. The van der Waals surface area contributed by atoms with Crippen LogP contribution < -0.4 is 0 Å². The van der Waals surface area contributed by atoms with Crippen molar-refractivity contribution in [2.24, 2.45) is 7.05 Å². The average molecular weight is 243 g/mol. The highest BCUT2D eigenvalue weighted by molar-refractivity contribution is 7.89. The molecular formula is C9H13N3O3S. The standard InChI is InChI=1S/C9H13N3O3S/c1-11-6-9(10-7-11)16(14,15)12-4-2-8(13)3-5-12/h6-7H,2-5H2,1H3. The fraction of sp³-hybridized carbons (Fsp3) is 0.556. The number of hydrogen-bond acceptors (Lipinski definition) is 4. The number of carbonyl (C=O) groups excluding carboxylic acids is 1. The summed E-state index contributed by atoms with van der Waals surface area (Å²) in [6.45, 7) is 0.523. The van der Waals surface area contributed by atoms with Gasteiger partial charge in [0.05, 0.1) is 6.33 Å². The van der Waals surface area contributed by atoms with Crippen molar-refractivity contribution >= 4 is 15.8 Å². The van der Waals surface area contributed by atoms with Crippen LogP contribution >= 0.6 is 0 Å². The Morgan fingerprint density at radius 3 is 2.44 bits per heavy atom. The van der Waals surface area contributed by atoms with E-state index >= 15 is 0 Å². The highest BCUT2D eigenvalue weighted by Crippen LogP contribution is 2.17. The zero-order chi connectivity index (χ0) is 11.8. The quantitative estimate of drug-likeness (QED) is 0.719. The Morgan fingerprint density at radius 2 is 1.94 bits per heavy atom. The first-order chi connectivity index (χ1) is 7.50. The minimum atomic E-state index is -3.52. The third kappa shape index (κ3) is 2.00. The van der Waals surface area contributed by atoms with Crippen LogP contribution in [0.2, 0.25) is 0 Å². The third-order valence-electron chi connectivity index (χ3n) is 2.57. The molecule has 0 amide bonds. The van der Waals surface area contributed by atoms with Gasteiger partial charge in [0.2, 0.25) is 0 Å². The summed E-state index contributed by atoms with van der Waals surface area (Å²) < 4.78 is 27.0. The number of aromatic nitrogens is 2. The number of ketones is 1. The number of piperidine rings is 1. The molecule has 0 aliphatic carbocycles. The van der Waals surface area contributed by atoms with Crippen LogP contribution in [0.5, 0.6) is 0 Å². The molecule has 16 heavy (non-hydrogen) atoms. The molecule has 0 spiro atoms. The number of carbonyl (C=O) groups is 1. The van der Waals surface area contributed by atoms with Gasteiger partial charge in [0.1, 0.15) is 5.78 Å². The van der Waals surface area contributed by atoms with Crippen molar-refractivity contribution in [3.8, 4) is 0 Å². The van der Waals surface area contributed by atoms with Crippen LogP contribution in [-0.4, -0.2) is 41.1 Å². The van der Waals surface area contributed by atoms with E-state index in [0.29, 0.717) is 12.8 Å². The van der Waals surface area contributed by atoms with E-state index in [1.54, 1.807) is 11.6 Å². The van der Waals surface area contributed by atoms with Crippen LogP contribution in [0, 0.1) is 0 Å². The first kappa shape index (κ1) is 11.3. The lowest BCUT2D eigenvalue weighted by atomic mass is 10.1. The molecule has 1 fully saturated rings. The van der Waals surface area contributed by atoms with Gasteiger partial charge in [0.15, 0.2) is 5.03 Å². The van der Waals surface area contributed by atoms with Gasteiger partial charge in [-0.1, -0.05) is 0 Å². The molecule has 1 aliphatic rings. The predicted molar refractivity (Wildman–Crippen MR) is 56.2 cm³/mol. The van der Waals surface area contributed by atoms with Crippen molar-refractivity contribution in [1.29, 1.82) is 0 Å². The number of imidazole rings is 1. The van der Waals surface area contributed by atoms with Gasteiger partial charge in [-0.2, -0.15) is 4.31 Å². The molecule has 1 aromatic heterocycles. The predicted octanol–water partition coefficient (Wildman–Crippen LogP) is -0.226. The summed E-state index contributed by atoms with van der Waals surface area (Å²) in [5.74, 6) is 0.118. The molecule has 1 aliphatic heterocycles. The molecule has 88 valence electrons. The van der Waals surface area contributed by atoms with E-state index in [0.717, 1.165) is 0 Å². The Kier molecular flexibility index (Phi) is 2.81. The van der Waals surface area contributed by atoms with Gasteiger partial charge in [0, 0.05) is 39.2 Å². The summed E-state index contributed by atoms with van der Waals surface area (Å²) >= 11 is 0. The second kappa shape index (κ2) is 3.99. The lowest BCUT2D eigenvalue weighted by molar-refractivity contribution is -0.120. The monoisotopic (exact) mass is 243 g/mol. The zero-order valence-corrected chi connectivity index (χ0v) is 9.77. The largest absolute Gasteiger partial charge is 0.339 e. The van der Waals surface area contributed by atoms with Crippen LogP contribution in [0.3, 0.4) is 0 Å². The number of aryl methyl sites for hydroxylation is 1. The van der Waals surface area contributed by atoms with E-state index in [1.165, 1.54) is 16.8 Å². The van der Waals surface area contributed by atoms with Crippen LogP contribution in [0.1, 0.15) is 12.8 Å². The van der Waals surface area contributed by atoms with E-state index in [1.807, 2.05) is 0 Å². The molecule has 0 unspecified atom stereocenters. The Hall–Kier alpha value is -1.21. The highest BCUT2D eigenvalue weighted by Gasteiger charge is 2.29. The first-order valence-corrected chi connectivity index (χ1v) is 6.44. The normalized spacial score (nSPS) is 18.9. The molecule has 2 heterocycles. The smallest absolute Gasteiger partial charge is 0.262 e. The Morgan fingerprint density at radius 1 is 1.31 bits per heavy atom. The second-order valence-electron chi connectivity index (χ2n) is 3.82. The van der Waals surface area contributed by atoms with Gasteiger partial charge in [-0.15, -0.1) is 0 Å². The summed E-state index contributed by atoms with van der Waals surface area (Å²) in [4.78, 5) is 14.9. The van der Waals surface area contributed by atoms with Gasteiger partial charge in [-0.05, 0) is 0 Å². The Balaban J connectivity index is 2.23. The van der Waals surface area contributed by atoms with Gasteiger partial charge >= 0.3 is 0 Å². The summed E-state index contributed by atoms with van der Waals surface area (Å²) in [5, 5.41) is 0.0457. The average Bonchev–Trinajstić information content (AvgIpc) is 2.66. The molecule has 1 aromatic rings. The van der Waals surface area contributed by atoms with E-state index in [9.17, 15) is 13.2 Å². The summed E-state index contributed by atoms with van der Waals surface area (Å²) in [5.41, 5.74) is 0. The van der Waals surface area contributed by atoms with E-state index in [-0.39, 0.29) is 23.9 Å². The maximum Gasteiger partial charge on any atom is 0.262 e. The number of nitrogens with zero attached hydrogens (tertiary/aromatic N) is 3. The number of hydrogen-bond donors (Lipinski definition) is 0. The molecule has 7 heteroatoms. The minimum absolute atomic E-state index is 0.0457. The minimum Gasteiger partial charge on any atom is -0.339 e. The van der Waals surface area contributed by atoms with Crippen LogP contribution in [-0.2, 0) is 21.9 Å². The van der Waals surface area contributed by atoms with Gasteiger partial charge in [-0.3, -0.25) is 4.79 Å². The first-order valence-electron chi connectivity index (χ1n) is 5.00. The van der Waals surface area contributed by atoms with Crippen molar-refractivity contribution in [1.82, 2.24) is 13.9 Å². The van der Waals surface area contributed by atoms with Crippen LogP contribution in [0.15, 0.2) is 17.6 Å². The van der Waals surface area contributed by atoms with Gasteiger partial charge < -0.3 is 4.57 Å². The van der Waals surface area contributed by atoms with Gasteiger partial charge in [-0.25, -0.2) is 13.4 Å². The molecule has 0 saturated carbocycles. The number of rotatable bonds is 2. The topological polar surface area (TPSA) is 72.3 Å². The van der Waals surface area contributed by atoms with Crippen molar-refractivity contribution < 1.29 is 13.2 Å². The maximum atomic E-state index is 12.0. The SMILES string of the molecule is Cn1cnc(S(=O)(=O)N2CCC(=O)CC2)c1. The molecule has 0 radical (unpaired) electrons. The molecular weight excluding hydrogens is 230 g/mol. The van der Waals surface area contributed by atoms with Crippen LogP contribution in [0.4, 0.5) is 0 Å². The summed E-state index contributed by atoms with van der Waals surface area (Å²) in [7, 11) is -1.80. The molecule has 6 nitrogen and oxygen atoms in total. The Bertz CT molecular complexity index is 496. The molecule has 0 bridgehead atoms. The maximum absolute atomic E-state index is 12.0. The zero-order valence-electron chi connectivity index (χ0n) is 8.96. The summed E-state index contributed by atoms with van der Waals surface area (Å²) in [6.07, 6.45) is 3.51. The van der Waals surface area contributed by atoms with Crippen molar-refractivity contribution in [2.75, 3.05) is 13.1 Å². The van der Waals surface area contributed by atoms with Crippen molar-refractivity contribution in [3.63, 3.8) is 0 Å². The fourth-order valence-corrected chi connectivity index (χ4v) is 3.04. The van der Waals surface area contributed by atoms with Crippen molar-refractivity contribution in [3.05, 3.63) is 12.5 Å². The number of sulfonamides is 1. The summed E-state index contributed by atoms with van der Waals surface area (Å²) in [6, 6.07) is 0. The molecule has 0 atom stereocenters. The lowest BCUT2D eigenvalue weighted by Crippen LogP contribution is -2.38. The van der Waals surface area contributed by atoms with Crippen molar-refractivity contribution in [2.45, 2.75) is 17.9 Å². The second-order valence-corrected chi connectivity index (χ2v) is 5.70. The fourth-order valence-electron chi connectivity index (χ4n) is 1.63.